The quantitative estimate of drug-likeness (QED) is 0.249. The SMILES string of the molecule is C=CC(=O)OC(C)COC(=O)NC1CC(C)(C)CC(C)(CNC(=O)OC(C)COC(N)=O)C1. The molecule has 1 rings (SSSR count). The summed E-state index contributed by atoms with van der Waals surface area (Å²) in [5.74, 6) is -0.586. The van der Waals surface area contributed by atoms with E-state index in [1.54, 1.807) is 13.8 Å². The Bertz CT molecular complexity index is 726. The van der Waals surface area contributed by atoms with E-state index in [2.05, 4.69) is 35.8 Å². The van der Waals surface area contributed by atoms with E-state index in [0.29, 0.717) is 13.0 Å². The molecule has 11 nitrogen and oxygen atoms in total. The number of rotatable bonds is 10. The van der Waals surface area contributed by atoms with Crippen LogP contribution in [-0.4, -0.2) is 62.3 Å². The van der Waals surface area contributed by atoms with Gasteiger partial charge in [-0.3, -0.25) is 0 Å². The first-order valence-corrected chi connectivity index (χ1v) is 10.9. The summed E-state index contributed by atoms with van der Waals surface area (Å²) >= 11 is 0. The molecule has 4 N–H and O–H groups in total. The second-order valence-electron chi connectivity index (χ2n) is 9.65. The number of alkyl carbamates (subject to hydrolysis) is 2. The van der Waals surface area contributed by atoms with Crippen LogP contribution in [0, 0.1) is 10.8 Å². The Morgan fingerprint density at radius 3 is 2.24 bits per heavy atom. The van der Waals surface area contributed by atoms with Gasteiger partial charge in [-0.05, 0) is 43.9 Å². The number of carbonyl (C=O) groups excluding carboxylic acids is 4. The van der Waals surface area contributed by atoms with Gasteiger partial charge in [-0.15, -0.1) is 0 Å². The molecule has 33 heavy (non-hydrogen) atoms. The van der Waals surface area contributed by atoms with Gasteiger partial charge in [0.2, 0.25) is 0 Å². The van der Waals surface area contributed by atoms with Gasteiger partial charge in [0.1, 0.15) is 25.4 Å². The summed E-state index contributed by atoms with van der Waals surface area (Å²) in [7, 11) is 0. The Kier molecular flexibility index (Phi) is 10.5. The molecule has 188 valence electrons. The lowest BCUT2D eigenvalue weighted by molar-refractivity contribution is -0.143. The minimum Gasteiger partial charge on any atom is -0.456 e. The summed E-state index contributed by atoms with van der Waals surface area (Å²) in [4.78, 5) is 46.2. The van der Waals surface area contributed by atoms with Crippen LogP contribution in [0.15, 0.2) is 12.7 Å². The Labute approximate surface area is 194 Å². The number of ether oxygens (including phenoxy) is 4. The highest BCUT2D eigenvalue weighted by molar-refractivity contribution is 5.81. The van der Waals surface area contributed by atoms with Gasteiger partial charge in [0.25, 0.3) is 0 Å². The Balaban J connectivity index is 2.56. The van der Waals surface area contributed by atoms with Crippen molar-refractivity contribution < 1.29 is 38.1 Å². The van der Waals surface area contributed by atoms with Gasteiger partial charge in [-0.1, -0.05) is 27.4 Å². The normalized spacial score (nSPS) is 23.2. The van der Waals surface area contributed by atoms with E-state index in [4.69, 9.17) is 19.9 Å². The van der Waals surface area contributed by atoms with Crippen LogP contribution in [0.2, 0.25) is 0 Å². The van der Waals surface area contributed by atoms with E-state index in [9.17, 15) is 19.2 Å². The first-order valence-electron chi connectivity index (χ1n) is 10.9. The highest BCUT2D eigenvalue weighted by Gasteiger charge is 2.42. The Morgan fingerprint density at radius 1 is 1.03 bits per heavy atom. The first kappa shape index (κ1) is 28.1. The van der Waals surface area contributed by atoms with Gasteiger partial charge in [0.05, 0.1) is 0 Å². The molecule has 0 aliphatic heterocycles. The van der Waals surface area contributed by atoms with Crippen molar-refractivity contribution in [3.05, 3.63) is 12.7 Å². The average molecular weight is 472 g/mol. The molecule has 1 aliphatic rings. The lowest BCUT2D eigenvalue weighted by atomic mass is 9.62. The third kappa shape index (κ3) is 11.4. The molecule has 3 amide bonds. The highest BCUT2D eigenvalue weighted by atomic mass is 16.6. The maximum Gasteiger partial charge on any atom is 0.407 e. The molecular weight excluding hydrogens is 434 g/mol. The zero-order chi connectivity index (χ0) is 25.2. The van der Waals surface area contributed by atoms with Crippen LogP contribution in [0.5, 0.6) is 0 Å². The number of hydrogen-bond acceptors (Lipinski definition) is 8. The Hall–Kier alpha value is -2.98. The summed E-state index contributed by atoms with van der Waals surface area (Å²) in [6.45, 7) is 12.9. The number of nitrogens with two attached hydrogens (primary N) is 1. The molecule has 0 heterocycles. The van der Waals surface area contributed by atoms with Crippen LogP contribution < -0.4 is 16.4 Å². The van der Waals surface area contributed by atoms with Gasteiger partial charge < -0.3 is 35.3 Å². The molecule has 0 aromatic rings. The van der Waals surface area contributed by atoms with E-state index in [1.807, 2.05) is 6.92 Å². The topological polar surface area (TPSA) is 155 Å². The third-order valence-electron chi connectivity index (χ3n) is 5.13. The van der Waals surface area contributed by atoms with Crippen molar-refractivity contribution in [2.45, 2.75) is 72.1 Å². The summed E-state index contributed by atoms with van der Waals surface area (Å²) in [6, 6.07) is -0.169. The molecule has 0 aromatic carbocycles. The number of carbonyl (C=O) groups is 4. The van der Waals surface area contributed by atoms with Gasteiger partial charge in [0, 0.05) is 18.7 Å². The molecule has 0 saturated heterocycles. The van der Waals surface area contributed by atoms with E-state index in [1.165, 1.54) is 0 Å². The van der Waals surface area contributed by atoms with Gasteiger partial charge in [0.15, 0.2) is 0 Å². The molecule has 1 aliphatic carbocycles. The standard InChI is InChI=1S/C22H37N3O8/c1-7-17(26)32-14(2)11-31-20(29)25-16-8-21(4,5)12-22(6,9-16)13-24-19(28)33-15(3)10-30-18(23)27/h7,14-16H,1,8-13H2,2-6H3,(H2,23,27)(H,24,28)(H,25,29). The number of esters is 1. The molecule has 11 heteroatoms. The number of amides is 3. The summed E-state index contributed by atoms with van der Waals surface area (Å²) in [6.07, 6.45) is -0.191. The van der Waals surface area contributed by atoms with Crippen LogP contribution in [0.4, 0.5) is 14.4 Å². The van der Waals surface area contributed by atoms with E-state index in [-0.39, 0.29) is 30.1 Å². The minimum atomic E-state index is -0.938. The van der Waals surface area contributed by atoms with Crippen molar-refractivity contribution in [3.8, 4) is 0 Å². The fraction of sp³-hybridized carbons (Fsp3) is 0.727. The van der Waals surface area contributed by atoms with E-state index < -0.39 is 36.5 Å². The second kappa shape index (κ2) is 12.3. The van der Waals surface area contributed by atoms with Crippen LogP contribution in [-0.2, 0) is 23.7 Å². The fourth-order valence-corrected chi connectivity index (χ4v) is 4.30. The zero-order valence-corrected chi connectivity index (χ0v) is 20.1. The lowest BCUT2D eigenvalue weighted by Crippen LogP contribution is -2.50. The van der Waals surface area contributed by atoms with E-state index in [0.717, 1.165) is 18.9 Å². The molecule has 1 saturated carbocycles. The number of primary amides is 1. The van der Waals surface area contributed by atoms with Crippen molar-refractivity contribution in [3.63, 3.8) is 0 Å². The molecule has 4 atom stereocenters. The summed E-state index contributed by atoms with van der Waals surface area (Å²) in [5.41, 5.74) is 4.50. The van der Waals surface area contributed by atoms with Crippen molar-refractivity contribution >= 4 is 24.2 Å². The van der Waals surface area contributed by atoms with Crippen molar-refractivity contribution in [1.82, 2.24) is 10.6 Å². The highest BCUT2D eigenvalue weighted by Crippen LogP contribution is 2.45. The number of hydrogen-bond donors (Lipinski definition) is 3. The van der Waals surface area contributed by atoms with Crippen LogP contribution in [0.1, 0.15) is 53.9 Å². The maximum absolute atomic E-state index is 12.3. The molecule has 0 spiro atoms. The number of nitrogens with one attached hydrogen (secondary N) is 2. The van der Waals surface area contributed by atoms with Crippen LogP contribution in [0.25, 0.3) is 0 Å². The smallest absolute Gasteiger partial charge is 0.407 e. The molecule has 0 bridgehead atoms. The average Bonchev–Trinajstić information content (AvgIpc) is 2.67. The van der Waals surface area contributed by atoms with Gasteiger partial charge in [-0.25, -0.2) is 19.2 Å². The molecule has 0 aromatic heterocycles. The second-order valence-corrected chi connectivity index (χ2v) is 9.65. The van der Waals surface area contributed by atoms with Crippen LogP contribution in [0.3, 0.4) is 0 Å². The zero-order valence-electron chi connectivity index (χ0n) is 20.1. The Morgan fingerprint density at radius 2 is 1.64 bits per heavy atom. The molecule has 0 radical (unpaired) electrons. The van der Waals surface area contributed by atoms with Gasteiger partial charge >= 0.3 is 24.2 Å². The summed E-state index contributed by atoms with van der Waals surface area (Å²) < 4.78 is 19.9. The first-order chi connectivity index (χ1) is 15.2. The van der Waals surface area contributed by atoms with E-state index >= 15 is 0 Å². The fourth-order valence-electron chi connectivity index (χ4n) is 4.30. The minimum absolute atomic E-state index is 0.0795. The molecule has 1 fully saturated rings. The lowest BCUT2D eigenvalue weighted by Gasteiger charge is -2.46. The largest absolute Gasteiger partial charge is 0.456 e. The predicted molar refractivity (Wildman–Crippen MR) is 119 cm³/mol. The molecular formula is C22H37N3O8. The van der Waals surface area contributed by atoms with Crippen molar-refractivity contribution in [2.75, 3.05) is 19.8 Å². The monoisotopic (exact) mass is 471 g/mol. The van der Waals surface area contributed by atoms with Crippen LogP contribution >= 0.6 is 0 Å². The summed E-state index contributed by atoms with van der Waals surface area (Å²) in [5, 5.41) is 5.63. The predicted octanol–water partition coefficient (Wildman–Crippen LogP) is 2.63. The molecule has 4 unspecified atom stereocenters. The maximum atomic E-state index is 12.3. The third-order valence-corrected chi connectivity index (χ3v) is 5.13. The van der Waals surface area contributed by atoms with Crippen molar-refractivity contribution in [1.29, 1.82) is 0 Å². The van der Waals surface area contributed by atoms with Gasteiger partial charge in [-0.2, -0.15) is 0 Å². The van der Waals surface area contributed by atoms with Crippen molar-refractivity contribution in [2.24, 2.45) is 16.6 Å².